The van der Waals surface area contributed by atoms with E-state index in [1.54, 1.807) is 0 Å². The SMILES string of the molecule is Cc1ccnc2c1NCC1(CC1)CN2. The van der Waals surface area contributed by atoms with Gasteiger partial charge in [0.2, 0.25) is 0 Å². The van der Waals surface area contributed by atoms with Crippen molar-refractivity contribution in [2.45, 2.75) is 19.8 Å². The fourth-order valence-electron chi connectivity index (χ4n) is 2.06. The van der Waals surface area contributed by atoms with Crippen LogP contribution in [0.2, 0.25) is 0 Å². The van der Waals surface area contributed by atoms with Crippen LogP contribution in [0.5, 0.6) is 0 Å². The van der Waals surface area contributed by atoms with E-state index in [4.69, 9.17) is 0 Å². The van der Waals surface area contributed by atoms with E-state index in [2.05, 4.69) is 28.6 Å². The van der Waals surface area contributed by atoms with Gasteiger partial charge in [-0.25, -0.2) is 4.98 Å². The van der Waals surface area contributed by atoms with Crippen LogP contribution in [0.4, 0.5) is 11.5 Å². The van der Waals surface area contributed by atoms with Crippen LogP contribution in [0.3, 0.4) is 0 Å². The second kappa shape index (κ2) is 2.62. The van der Waals surface area contributed by atoms with Crippen molar-refractivity contribution in [3.63, 3.8) is 0 Å². The van der Waals surface area contributed by atoms with Gasteiger partial charge in [-0.3, -0.25) is 0 Å². The van der Waals surface area contributed by atoms with Crippen LogP contribution in [-0.2, 0) is 0 Å². The number of aryl methyl sites for hydroxylation is 1. The zero-order valence-corrected chi connectivity index (χ0v) is 8.43. The summed E-state index contributed by atoms with van der Waals surface area (Å²) in [6.45, 7) is 4.29. The molecule has 1 saturated carbocycles. The fraction of sp³-hybridized carbons (Fsp3) is 0.545. The number of fused-ring (bicyclic) bond motifs is 1. The lowest BCUT2D eigenvalue weighted by Gasteiger charge is -2.11. The predicted octanol–water partition coefficient (Wildman–Crippen LogP) is 2.01. The number of aromatic nitrogens is 1. The molecule has 0 saturated heterocycles. The number of hydrogen-bond donors (Lipinski definition) is 2. The molecule has 1 fully saturated rings. The number of nitrogens with zero attached hydrogens (tertiary/aromatic N) is 1. The zero-order chi connectivity index (χ0) is 9.60. The summed E-state index contributed by atoms with van der Waals surface area (Å²) in [5.74, 6) is 1.02. The van der Waals surface area contributed by atoms with Gasteiger partial charge < -0.3 is 10.6 Å². The summed E-state index contributed by atoms with van der Waals surface area (Å²) in [7, 11) is 0. The van der Waals surface area contributed by atoms with Crippen molar-refractivity contribution < 1.29 is 0 Å². The second-order valence-electron chi connectivity index (χ2n) is 4.56. The van der Waals surface area contributed by atoms with Crippen molar-refractivity contribution in [1.29, 1.82) is 0 Å². The van der Waals surface area contributed by atoms with Crippen LogP contribution in [-0.4, -0.2) is 18.1 Å². The minimum Gasteiger partial charge on any atom is -0.381 e. The molecule has 1 aliphatic carbocycles. The first kappa shape index (κ1) is 8.09. The van der Waals surface area contributed by atoms with E-state index in [1.165, 1.54) is 24.1 Å². The molecular formula is C11H15N3. The van der Waals surface area contributed by atoms with Gasteiger partial charge in [0, 0.05) is 24.7 Å². The number of pyridine rings is 1. The average molecular weight is 189 g/mol. The first-order valence-electron chi connectivity index (χ1n) is 5.23. The molecule has 1 spiro atoms. The van der Waals surface area contributed by atoms with Crippen LogP contribution < -0.4 is 10.6 Å². The summed E-state index contributed by atoms with van der Waals surface area (Å²) in [5, 5.41) is 6.97. The van der Waals surface area contributed by atoms with Gasteiger partial charge in [0.25, 0.3) is 0 Å². The Morgan fingerprint density at radius 1 is 1.29 bits per heavy atom. The summed E-state index contributed by atoms with van der Waals surface area (Å²) >= 11 is 0. The van der Waals surface area contributed by atoms with Gasteiger partial charge in [-0.05, 0) is 31.4 Å². The number of hydrogen-bond acceptors (Lipinski definition) is 3. The summed E-state index contributed by atoms with van der Waals surface area (Å²) in [5.41, 5.74) is 2.99. The van der Waals surface area contributed by atoms with Crippen molar-refractivity contribution >= 4 is 11.5 Å². The van der Waals surface area contributed by atoms with Gasteiger partial charge in [-0.1, -0.05) is 0 Å². The van der Waals surface area contributed by atoms with Gasteiger partial charge in [0.15, 0.2) is 0 Å². The molecule has 74 valence electrons. The molecule has 1 aromatic rings. The van der Waals surface area contributed by atoms with E-state index in [1.807, 2.05) is 6.20 Å². The van der Waals surface area contributed by atoms with E-state index < -0.39 is 0 Å². The highest BCUT2D eigenvalue weighted by atomic mass is 15.1. The molecule has 0 aromatic carbocycles. The first-order valence-corrected chi connectivity index (χ1v) is 5.23. The first-order chi connectivity index (χ1) is 6.79. The Kier molecular flexibility index (Phi) is 1.52. The Morgan fingerprint density at radius 3 is 2.86 bits per heavy atom. The molecule has 2 heterocycles. The van der Waals surface area contributed by atoms with Crippen LogP contribution in [0.15, 0.2) is 12.3 Å². The van der Waals surface area contributed by atoms with Crippen LogP contribution in [0.1, 0.15) is 18.4 Å². The minimum absolute atomic E-state index is 0.521. The third kappa shape index (κ3) is 1.15. The van der Waals surface area contributed by atoms with Crippen LogP contribution in [0, 0.1) is 12.3 Å². The lowest BCUT2D eigenvalue weighted by atomic mass is 10.1. The molecule has 1 aromatic heterocycles. The summed E-state index contributed by atoms with van der Waals surface area (Å²) in [6.07, 6.45) is 4.56. The van der Waals surface area contributed by atoms with E-state index in [0.29, 0.717) is 5.41 Å². The molecule has 0 amide bonds. The lowest BCUT2D eigenvalue weighted by molar-refractivity contribution is 0.581. The Bertz CT molecular complexity index is 369. The lowest BCUT2D eigenvalue weighted by Crippen LogP contribution is -2.19. The van der Waals surface area contributed by atoms with E-state index in [-0.39, 0.29) is 0 Å². The summed E-state index contributed by atoms with van der Waals surface area (Å²) < 4.78 is 0. The molecule has 0 bridgehead atoms. The molecule has 0 unspecified atom stereocenters. The Labute approximate surface area is 83.9 Å². The summed E-state index contributed by atoms with van der Waals surface area (Å²) in [4.78, 5) is 4.36. The predicted molar refractivity (Wildman–Crippen MR) is 57.6 cm³/mol. The smallest absolute Gasteiger partial charge is 0.149 e. The maximum Gasteiger partial charge on any atom is 0.149 e. The zero-order valence-electron chi connectivity index (χ0n) is 8.43. The molecule has 3 nitrogen and oxygen atoms in total. The monoisotopic (exact) mass is 189 g/mol. The molecule has 0 atom stereocenters. The quantitative estimate of drug-likeness (QED) is 0.655. The number of rotatable bonds is 0. The molecule has 2 aliphatic rings. The van der Waals surface area contributed by atoms with Crippen molar-refractivity contribution in [2.24, 2.45) is 5.41 Å². The van der Waals surface area contributed by atoms with Gasteiger partial charge in [0.1, 0.15) is 5.82 Å². The second-order valence-corrected chi connectivity index (χ2v) is 4.56. The van der Waals surface area contributed by atoms with E-state index in [9.17, 15) is 0 Å². The largest absolute Gasteiger partial charge is 0.381 e. The van der Waals surface area contributed by atoms with Crippen molar-refractivity contribution in [3.8, 4) is 0 Å². The molecular weight excluding hydrogens is 174 g/mol. The highest BCUT2D eigenvalue weighted by molar-refractivity contribution is 5.69. The van der Waals surface area contributed by atoms with Crippen molar-refractivity contribution in [2.75, 3.05) is 23.7 Å². The van der Waals surface area contributed by atoms with E-state index in [0.717, 1.165) is 18.9 Å². The average Bonchev–Trinajstić information content (AvgIpc) is 2.96. The number of nitrogens with one attached hydrogen (secondary N) is 2. The third-order valence-electron chi connectivity index (χ3n) is 3.39. The molecule has 14 heavy (non-hydrogen) atoms. The molecule has 1 aliphatic heterocycles. The van der Waals surface area contributed by atoms with Crippen LogP contribution >= 0.6 is 0 Å². The maximum atomic E-state index is 4.36. The number of anilines is 2. The van der Waals surface area contributed by atoms with Gasteiger partial charge in [-0.15, -0.1) is 0 Å². The minimum atomic E-state index is 0.521. The van der Waals surface area contributed by atoms with Gasteiger partial charge in [-0.2, -0.15) is 0 Å². The molecule has 0 radical (unpaired) electrons. The van der Waals surface area contributed by atoms with Crippen molar-refractivity contribution in [3.05, 3.63) is 17.8 Å². The normalized spacial score (nSPS) is 21.8. The highest BCUT2D eigenvalue weighted by Crippen LogP contribution is 2.47. The van der Waals surface area contributed by atoms with E-state index >= 15 is 0 Å². The van der Waals surface area contributed by atoms with Crippen LogP contribution in [0.25, 0.3) is 0 Å². The topological polar surface area (TPSA) is 37.0 Å². The molecule has 3 rings (SSSR count). The Balaban J connectivity index is 1.96. The maximum absolute atomic E-state index is 4.36. The molecule has 3 heteroatoms. The third-order valence-corrected chi connectivity index (χ3v) is 3.39. The van der Waals surface area contributed by atoms with Gasteiger partial charge in [0.05, 0.1) is 5.69 Å². The fourth-order valence-corrected chi connectivity index (χ4v) is 2.06. The summed E-state index contributed by atoms with van der Waals surface area (Å²) in [6, 6.07) is 2.05. The van der Waals surface area contributed by atoms with Crippen molar-refractivity contribution in [1.82, 2.24) is 4.98 Å². The molecule has 2 N–H and O–H groups in total. The highest BCUT2D eigenvalue weighted by Gasteiger charge is 2.43. The Hall–Kier alpha value is -1.25. The van der Waals surface area contributed by atoms with Gasteiger partial charge >= 0.3 is 0 Å². The Morgan fingerprint density at radius 2 is 2.07 bits per heavy atom. The standard InChI is InChI=1S/C11H15N3/c1-8-2-5-12-10-9(8)13-6-11(3-4-11)7-14-10/h2,5,13H,3-4,6-7H2,1H3,(H,12,14).